The molecule has 2 aromatic rings. The maximum absolute atomic E-state index is 6.13. The second-order valence-electron chi connectivity index (χ2n) is 4.26. The minimum Gasteiger partial charge on any atom is -0.269 e. The van der Waals surface area contributed by atoms with Crippen LogP contribution in [0.2, 0.25) is 5.28 Å². The van der Waals surface area contributed by atoms with Gasteiger partial charge < -0.3 is 0 Å². The Labute approximate surface area is 106 Å². The van der Waals surface area contributed by atoms with Gasteiger partial charge in [0.25, 0.3) is 0 Å². The van der Waals surface area contributed by atoms with Crippen molar-refractivity contribution in [3.63, 3.8) is 0 Å². The fraction of sp³-hybridized carbons (Fsp3) is 0.385. The highest BCUT2D eigenvalue weighted by molar-refractivity contribution is 6.28. The van der Waals surface area contributed by atoms with Gasteiger partial charge in [-0.2, -0.15) is 0 Å². The molecule has 2 rings (SSSR count). The summed E-state index contributed by atoms with van der Waals surface area (Å²) >= 11 is 6.13. The molecule has 0 aliphatic carbocycles. The molecule has 0 spiro atoms. The Bertz CT molecular complexity index is 531. The first-order chi connectivity index (χ1) is 8.13. The monoisotopic (exact) mass is 249 g/mol. The van der Waals surface area contributed by atoms with Gasteiger partial charge in [0.1, 0.15) is 5.82 Å². The fourth-order valence-electron chi connectivity index (χ4n) is 1.88. The summed E-state index contributed by atoms with van der Waals surface area (Å²) in [7, 11) is 0. The Morgan fingerprint density at radius 2 is 2.00 bits per heavy atom. The zero-order valence-corrected chi connectivity index (χ0v) is 11.1. The predicted molar refractivity (Wildman–Crippen MR) is 69.8 cm³/mol. The first kappa shape index (κ1) is 12.1. The minimum absolute atomic E-state index is 0.433. The fourth-order valence-corrected chi connectivity index (χ4v) is 2.11. The van der Waals surface area contributed by atoms with Crippen molar-refractivity contribution in [2.75, 3.05) is 0 Å². The molecule has 0 unspecified atom stereocenters. The molecule has 0 atom stereocenters. The van der Waals surface area contributed by atoms with E-state index in [1.54, 1.807) is 0 Å². The zero-order chi connectivity index (χ0) is 12.4. The van der Waals surface area contributed by atoms with E-state index in [-0.39, 0.29) is 0 Å². The third-order valence-electron chi connectivity index (χ3n) is 2.77. The van der Waals surface area contributed by atoms with Gasteiger partial charge in [-0.15, -0.1) is 10.2 Å². The molecule has 0 fully saturated rings. The molecule has 3 nitrogen and oxygen atoms in total. The van der Waals surface area contributed by atoms with Gasteiger partial charge in [-0.05, 0) is 49.1 Å². The molecule has 1 heterocycles. The molecule has 0 aliphatic rings. The van der Waals surface area contributed by atoms with Crippen LogP contribution in [0.4, 0.5) is 0 Å². The van der Waals surface area contributed by atoms with E-state index < -0.39 is 0 Å². The van der Waals surface area contributed by atoms with E-state index in [1.807, 2.05) is 4.57 Å². The summed E-state index contributed by atoms with van der Waals surface area (Å²) in [5.41, 5.74) is 3.45. The molecule has 0 radical (unpaired) electrons. The standard InChI is InChI=1S/C13H16ClN3/c1-4-5-12-15-16-13(14)17(12)11-8-9(2)6-7-10(11)3/h6-8H,4-5H2,1-3H3. The largest absolute Gasteiger partial charge is 0.269 e. The molecule has 90 valence electrons. The van der Waals surface area contributed by atoms with Crippen molar-refractivity contribution in [1.29, 1.82) is 0 Å². The second kappa shape index (κ2) is 4.88. The summed E-state index contributed by atoms with van der Waals surface area (Å²) in [4.78, 5) is 0. The lowest BCUT2D eigenvalue weighted by atomic mass is 10.1. The van der Waals surface area contributed by atoms with E-state index >= 15 is 0 Å². The number of hydrogen-bond donors (Lipinski definition) is 0. The van der Waals surface area contributed by atoms with Gasteiger partial charge in [-0.25, -0.2) is 0 Å². The highest BCUT2D eigenvalue weighted by atomic mass is 35.5. The first-order valence-corrected chi connectivity index (χ1v) is 6.18. The van der Waals surface area contributed by atoms with E-state index in [0.29, 0.717) is 5.28 Å². The molecular formula is C13H16ClN3. The SMILES string of the molecule is CCCc1nnc(Cl)n1-c1cc(C)ccc1C. The summed E-state index contributed by atoms with van der Waals surface area (Å²) in [5.74, 6) is 0.922. The third-order valence-corrected chi connectivity index (χ3v) is 3.01. The van der Waals surface area contributed by atoms with Crippen LogP contribution in [0, 0.1) is 13.8 Å². The predicted octanol–water partition coefficient (Wildman–Crippen LogP) is 3.49. The van der Waals surface area contributed by atoms with Gasteiger partial charge >= 0.3 is 0 Å². The van der Waals surface area contributed by atoms with Crippen molar-refractivity contribution in [1.82, 2.24) is 14.8 Å². The van der Waals surface area contributed by atoms with E-state index in [9.17, 15) is 0 Å². The number of halogens is 1. The summed E-state index contributed by atoms with van der Waals surface area (Å²) in [6, 6.07) is 6.30. The Kier molecular flexibility index (Phi) is 3.48. The maximum Gasteiger partial charge on any atom is 0.229 e. The lowest BCUT2D eigenvalue weighted by Crippen LogP contribution is -2.03. The molecule has 1 aromatic carbocycles. The molecule has 0 bridgehead atoms. The molecule has 0 N–H and O–H groups in total. The number of aromatic nitrogens is 3. The molecule has 0 saturated carbocycles. The van der Waals surface area contributed by atoms with Crippen LogP contribution in [0.15, 0.2) is 18.2 Å². The molecule has 17 heavy (non-hydrogen) atoms. The van der Waals surface area contributed by atoms with E-state index in [1.165, 1.54) is 11.1 Å². The van der Waals surface area contributed by atoms with Crippen molar-refractivity contribution in [2.24, 2.45) is 0 Å². The van der Waals surface area contributed by atoms with Crippen LogP contribution in [0.3, 0.4) is 0 Å². The minimum atomic E-state index is 0.433. The first-order valence-electron chi connectivity index (χ1n) is 5.81. The van der Waals surface area contributed by atoms with Crippen LogP contribution >= 0.6 is 11.6 Å². The summed E-state index contributed by atoms with van der Waals surface area (Å²) in [5, 5.41) is 8.53. The Hall–Kier alpha value is -1.35. The highest BCUT2D eigenvalue weighted by Crippen LogP contribution is 2.22. The van der Waals surface area contributed by atoms with E-state index in [4.69, 9.17) is 11.6 Å². The van der Waals surface area contributed by atoms with Crippen molar-refractivity contribution in [3.8, 4) is 5.69 Å². The van der Waals surface area contributed by atoms with Crippen molar-refractivity contribution < 1.29 is 0 Å². The van der Waals surface area contributed by atoms with Gasteiger partial charge in [-0.1, -0.05) is 19.1 Å². The van der Waals surface area contributed by atoms with Crippen LogP contribution in [-0.4, -0.2) is 14.8 Å². The van der Waals surface area contributed by atoms with Crippen molar-refractivity contribution in [2.45, 2.75) is 33.6 Å². The van der Waals surface area contributed by atoms with Gasteiger partial charge in [0.2, 0.25) is 5.28 Å². The van der Waals surface area contributed by atoms with Gasteiger partial charge in [0.05, 0.1) is 5.69 Å². The summed E-state index contributed by atoms with van der Waals surface area (Å²) in [6.07, 6.45) is 1.91. The van der Waals surface area contributed by atoms with Crippen LogP contribution < -0.4 is 0 Å². The normalized spacial score (nSPS) is 10.8. The maximum atomic E-state index is 6.13. The molecule has 0 aliphatic heterocycles. The molecule has 4 heteroatoms. The number of nitrogens with zero attached hydrogens (tertiary/aromatic N) is 3. The van der Waals surface area contributed by atoms with Crippen LogP contribution in [0.5, 0.6) is 0 Å². The Morgan fingerprint density at radius 1 is 1.24 bits per heavy atom. The van der Waals surface area contributed by atoms with Crippen molar-refractivity contribution >= 4 is 11.6 Å². The lowest BCUT2D eigenvalue weighted by Gasteiger charge is -2.11. The van der Waals surface area contributed by atoms with Crippen molar-refractivity contribution in [3.05, 3.63) is 40.4 Å². The number of hydrogen-bond acceptors (Lipinski definition) is 2. The van der Waals surface area contributed by atoms with Crippen LogP contribution in [-0.2, 0) is 6.42 Å². The lowest BCUT2D eigenvalue weighted by molar-refractivity contribution is 0.800. The Morgan fingerprint density at radius 3 is 2.71 bits per heavy atom. The topological polar surface area (TPSA) is 30.7 Å². The average molecular weight is 250 g/mol. The van der Waals surface area contributed by atoms with Gasteiger partial charge in [0.15, 0.2) is 0 Å². The Balaban J connectivity index is 2.58. The number of rotatable bonds is 3. The average Bonchev–Trinajstić information content (AvgIpc) is 2.64. The molecule has 0 saturated heterocycles. The van der Waals surface area contributed by atoms with Crippen LogP contribution in [0.25, 0.3) is 5.69 Å². The number of benzene rings is 1. The van der Waals surface area contributed by atoms with Gasteiger partial charge in [-0.3, -0.25) is 4.57 Å². The number of aryl methyl sites for hydroxylation is 3. The summed E-state index contributed by atoms with van der Waals surface area (Å²) in [6.45, 7) is 6.26. The molecule has 1 aromatic heterocycles. The highest BCUT2D eigenvalue weighted by Gasteiger charge is 2.13. The quantitative estimate of drug-likeness (QED) is 0.834. The van der Waals surface area contributed by atoms with E-state index in [2.05, 4.69) is 49.2 Å². The smallest absolute Gasteiger partial charge is 0.229 e. The zero-order valence-electron chi connectivity index (χ0n) is 10.4. The summed E-state index contributed by atoms with van der Waals surface area (Å²) < 4.78 is 1.94. The third kappa shape index (κ3) is 2.34. The molecular weight excluding hydrogens is 234 g/mol. The second-order valence-corrected chi connectivity index (χ2v) is 4.60. The van der Waals surface area contributed by atoms with E-state index in [0.717, 1.165) is 24.4 Å². The molecule has 0 amide bonds. The van der Waals surface area contributed by atoms with Crippen LogP contribution in [0.1, 0.15) is 30.3 Å². The van der Waals surface area contributed by atoms with Gasteiger partial charge in [0, 0.05) is 6.42 Å².